The molecule has 2 aromatic rings. The number of hydrogen-bond donors (Lipinski definition) is 3. The summed E-state index contributed by atoms with van der Waals surface area (Å²) in [5, 5.41) is 10.8. The maximum atomic E-state index is 13.0. The molecule has 3 rings (SSSR count). The number of alkyl halides is 2. The van der Waals surface area contributed by atoms with Crippen LogP contribution in [-0.4, -0.2) is 35.3 Å². The smallest absolute Gasteiger partial charge is 0.255 e. The minimum Gasteiger partial charge on any atom is -0.491 e. The van der Waals surface area contributed by atoms with E-state index in [-0.39, 0.29) is 18.3 Å². The molecular weight excluding hydrogens is 370 g/mol. The highest BCUT2D eigenvalue weighted by Crippen LogP contribution is 2.48. The Bertz CT molecular complexity index is 846. The third-order valence-corrected chi connectivity index (χ3v) is 4.25. The fraction of sp³-hybridized carbons (Fsp3) is 0.312. The fourth-order valence-corrected chi connectivity index (χ4v) is 2.64. The molecule has 1 unspecified atom stereocenters. The molecule has 1 heterocycles. The van der Waals surface area contributed by atoms with Gasteiger partial charge in [0.05, 0.1) is 12.5 Å². The van der Waals surface area contributed by atoms with Crippen molar-refractivity contribution in [2.45, 2.75) is 12.3 Å². The van der Waals surface area contributed by atoms with Gasteiger partial charge in [-0.15, -0.1) is 12.6 Å². The third kappa shape index (κ3) is 4.19. The monoisotopic (exact) mass is 384 g/mol. The minimum absolute atomic E-state index is 0.0135. The van der Waals surface area contributed by atoms with Crippen LogP contribution >= 0.6 is 24.2 Å². The first-order chi connectivity index (χ1) is 11.9. The Labute approximate surface area is 153 Å². The fourth-order valence-electron chi connectivity index (χ4n) is 2.32. The Balaban J connectivity index is 1.85. The number of thiol groups is 1. The number of allylic oxidation sites excluding steroid dienone is 1. The van der Waals surface area contributed by atoms with Gasteiger partial charge >= 0.3 is 0 Å². The van der Waals surface area contributed by atoms with Gasteiger partial charge in [-0.25, -0.2) is 18.7 Å². The number of aromatic nitrogens is 2. The van der Waals surface area contributed by atoms with E-state index in [9.17, 15) is 8.78 Å². The lowest BCUT2D eigenvalue weighted by Crippen LogP contribution is -2.08. The number of ether oxygens (including phenoxy) is 1. The van der Waals surface area contributed by atoms with Gasteiger partial charge in [0.2, 0.25) is 5.28 Å². The second-order valence-corrected chi connectivity index (χ2v) is 6.56. The first-order valence-corrected chi connectivity index (χ1v) is 8.32. The summed E-state index contributed by atoms with van der Waals surface area (Å²) in [4.78, 5) is 8.96. The summed E-state index contributed by atoms with van der Waals surface area (Å²) in [6.45, 7) is 0.277. The number of benzene rings is 1. The average molecular weight is 385 g/mol. The van der Waals surface area contributed by atoms with Crippen molar-refractivity contribution in [1.82, 2.24) is 9.97 Å². The molecular formula is C16H15ClF2N4OS. The summed E-state index contributed by atoms with van der Waals surface area (Å²) in [5.41, 5.74) is 0.450. The van der Waals surface area contributed by atoms with Crippen LogP contribution in [0, 0.1) is 11.3 Å². The molecule has 5 nitrogen and oxygen atoms in total. The van der Waals surface area contributed by atoms with Crippen LogP contribution in [0.4, 0.5) is 14.6 Å². The van der Waals surface area contributed by atoms with E-state index < -0.39 is 11.8 Å². The number of fused-ring (bicyclic) bond motifs is 1. The van der Waals surface area contributed by atoms with Gasteiger partial charge in [-0.1, -0.05) is 6.07 Å². The van der Waals surface area contributed by atoms with Gasteiger partial charge in [-0.05, 0) is 29.8 Å². The van der Waals surface area contributed by atoms with E-state index in [1.807, 2.05) is 0 Å². The standard InChI is InChI=1S/C16H15ClF2N4OS/c17-15-22-13-11(14(23-15)21-7-10(25)4-5-20)2-1-3-12(13)24-8-9-6-16(9,18)19/h1-5,9,20,25H,6-8H2,(H,21,22,23)/b10-4-,20-5?. The van der Waals surface area contributed by atoms with Gasteiger partial charge in [0, 0.05) is 29.5 Å². The number of para-hydroxylation sites is 1. The average Bonchev–Trinajstić information content (AvgIpc) is 3.18. The quantitative estimate of drug-likeness (QED) is 0.380. The lowest BCUT2D eigenvalue weighted by atomic mass is 10.2. The summed E-state index contributed by atoms with van der Waals surface area (Å²) in [6, 6.07) is 5.18. The van der Waals surface area contributed by atoms with E-state index in [1.54, 1.807) is 18.2 Å². The van der Waals surface area contributed by atoms with Gasteiger partial charge in [0.1, 0.15) is 17.1 Å². The molecule has 1 aliphatic carbocycles. The first-order valence-electron chi connectivity index (χ1n) is 7.50. The molecule has 0 aliphatic heterocycles. The van der Waals surface area contributed by atoms with Crippen molar-refractivity contribution in [2.24, 2.45) is 5.92 Å². The molecule has 1 atom stereocenters. The molecule has 0 radical (unpaired) electrons. The van der Waals surface area contributed by atoms with E-state index in [0.717, 1.165) is 6.21 Å². The highest BCUT2D eigenvalue weighted by atomic mass is 35.5. The van der Waals surface area contributed by atoms with Crippen molar-refractivity contribution in [3.05, 3.63) is 34.5 Å². The number of halogens is 3. The van der Waals surface area contributed by atoms with Crippen LogP contribution in [0.3, 0.4) is 0 Å². The molecule has 0 spiro atoms. The van der Waals surface area contributed by atoms with Crippen molar-refractivity contribution in [1.29, 1.82) is 5.41 Å². The lowest BCUT2D eigenvalue weighted by molar-refractivity contribution is 0.0858. The molecule has 25 heavy (non-hydrogen) atoms. The minimum atomic E-state index is -2.63. The number of nitrogens with zero attached hydrogens (tertiary/aromatic N) is 2. The topological polar surface area (TPSA) is 70.9 Å². The van der Waals surface area contributed by atoms with Crippen LogP contribution < -0.4 is 10.1 Å². The maximum absolute atomic E-state index is 13.0. The van der Waals surface area contributed by atoms with Crippen molar-refractivity contribution < 1.29 is 13.5 Å². The molecule has 1 aliphatic rings. The Morgan fingerprint density at radius 1 is 1.48 bits per heavy atom. The molecule has 132 valence electrons. The van der Waals surface area contributed by atoms with Crippen molar-refractivity contribution in [3.8, 4) is 5.75 Å². The third-order valence-electron chi connectivity index (χ3n) is 3.77. The van der Waals surface area contributed by atoms with Crippen LogP contribution in [0.25, 0.3) is 10.9 Å². The van der Waals surface area contributed by atoms with Crippen LogP contribution in [0.5, 0.6) is 5.75 Å². The Hall–Kier alpha value is -1.93. The molecule has 0 amide bonds. The molecule has 1 saturated carbocycles. The zero-order valence-electron chi connectivity index (χ0n) is 13.0. The second-order valence-electron chi connectivity index (χ2n) is 5.64. The Morgan fingerprint density at radius 2 is 2.24 bits per heavy atom. The molecule has 2 N–H and O–H groups in total. The summed E-state index contributed by atoms with van der Waals surface area (Å²) in [7, 11) is 0. The number of nitrogens with one attached hydrogen (secondary N) is 2. The van der Waals surface area contributed by atoms with Crippen LogP contribution in [0.2, 0.25) is 5.28 Å². The zero-order valence-corrected chi connectivity index (χ0v) is 14.6. The van der Waals surface area contributed by atoms with E-state index in [4.69, 9.17) is 21.7 Å². The maximum Gasteiger partial charge on any atom is 0.255 e. The largest absolute Gasteiger partial charge is 0.491 e. The van der Waals surface area contributed by atoms with Crippen molar-refractivity contribution in [3.63, 3.8) is 0 Å². The van der Waals surface area contributed by atoms with Gasteiger partial charge in [0.15, 0.2) is 0 Å². The predicted octanol–water partition coefficient (Wildman–Crippen LogP) is 4.19. The molecule has 1 fully saturated rings. The van der Waals surface area contributed by atoms with Crippen molar-refractivity contribution >= 4 is 47.2 Å². The molecule has 1 aromatic carbocycles. The summed E-state index contributed by atoms with van der Waals surface area (Å²) >= 11 is 10.2. The van der Waals surface area contributed by atoms with Crippen LogP contribution in [0.15, 0.2) is 29.2 Å². The van der Waals surface area contributed by atoms with E-state index in [1.165, 1.54) is 6.08 Å². The molecule has 1 aromatic heterocycles. The SMILES string of the molecule is N=C/C=C(\S)CNc1nc(Cl)nc2c(OCC3CC3(F)F)cccc12. The van der Waals surface area contributed by atoms with E-state index in [0.29, 0.717) is 33.9 Å². The Morgan fingerprint density at radius 3 is 2.92 bits per heavy atom. The van der Waals surface area contributed by atoms with Gasteiger partial charge in [-0.3, -0.25) is 0 Å². The predicted molar refractivity (Wildman–Crippen MR) is 97.4 cm³/mol. The normalized spacial score (nSPS) is 18.9. The first kappa shape index (κ1) is 17.9. The summed E-state index contributed by atoms with van der Waals surface area (Å²) < 4.78 is 31.6. The zero-order chi connectivity index (χ0) is 18.0. The van der Waals surface area contributed by atoms with E-state index in [2.05, 4.69) is 27.9 Å². The lowest BCUT2D eigenvalue weighted by Gasteiger charge is -2.12. The van der Waals surface area contributed by atoms with Crippen LogP contribution in [-0.2, 0) is 0 Å². The van der Waals surface area contributed by atoms with Gasteiger partial charge in [-0.2, -0.15) is 0 Å². The molecule has 0 bridgehead atoms. The summed E-state index contributed by atoms with van der Waals surface area (Å²) in [6.07, 6.45) is 2.52. The van der Waals surface area contributed by atoms with Gasteiger partial charge < -0.3 is 15.5 Å². The second kappa shape index (κ2) is 7.13. The number of hydrogen-bond acceptors (Lipinski definition) is 6. The van der Waals surface area contributed by atoms with Crippen molar-refractivity contribution in [2.75, 3.05) is 18.5 Å². The molecule has 9 heteroatoms. The van der Waals surface area contributed by atoms with Crippen LogP contribution in [0.1, 0.15) is 6.42 Å². The van der Waals surface area contributed by atoms with Gasteiger partial charge in [0.25, 0.3) is 5.92 Å². The molecule has 0 saturated heterocycles. The number of anilines is 1. The highest BCUT2D eigenvalue weighted by Gasteiger charge is 2.57. The summed E-state index contributed by atoms with van der Waals surface area (Å²) in [5.74, 6) is -2.53. The number of rotatable bonds is 7. The van der Waals surface area contributed by atoms with E-state index >= 15 is 0 Å². The highest BCUT2D eigenvalue weighted by molar-refractivity contribution is 7.84. The Kier molecular flexibility index (Phi) is 5.10.